The molecule has 1 aliphatic rings. The van der Waals surface area contributed by atoms with Gasteiger partial charge in [0, 0.05) is 12.6 Å². The fraction of sp³-hybridized carbons (Fsp3) is 0.900. The van der Waals surface area contributed by atoms with E-state index in [1.165, 1.54) is 0 Å². The van der Waals surface area contributed by atoms with Gasteiger partial charge in [0.2, 0.25) is 5.91 Å². The molecule has 1 rings (SSSR count). The molecule has 1 amide bonds. The Bertz CT molecular complexity index is 197. The van der Waals surface area contributed by atoms with E-state index in [0.29, 0.717) is 0 Å². The van der Waals surface area contributed by atoms with Crippen molar-refractivity contribution in [1.29, 1.82) is 0 Å². The second-order valence-electron chi connectivity index (χ2n) is 4.25. The number of hydrogen-bond acceptors (Lipinski definition) is 2. The van der Waals surface area contributed by atoms with Gasteiger partial charge in [0.25, 0.3) is 0 Å². The third kappa shape index (κ3) is 2.21. The van der Waals surface area contributed by atoms with Crippen molar-refractivity contribution in [2.75, 3.05) is 6.54 Å². The monoisotopic (exact) mass is 184 g/mol. The normalized spacial score (nSPS) is 18.8. The summed E-state index contributed by atoms with van der Waals surface area (Å²) >= 11 is 0. The van der Waals surface area contributed by atoms with E-state index in [0.717, 1.165) is 25.8 Å². The minimum Gasteiger partial charge on any atom is -0.339 e. The first-order valence-electron chi connectivity index (χ1n) is 5.11. The van der Waals surface area contributed by atoms with Crippen LogP contribution in [0.4, 0.5) is 0 Å². The maximum absolute atomic E-state index is 11.9. The van der Waals surface area contributed by atoms with E-state index < -0.39 is 5.54 Å². The van der Waals surface area contributed by atoms with Crippen LogP contribution in [0.1, 0.15) is 40.0 Å². The van der Waals surface area contributed by atoms with Crippen LogP contribution in [0.15, 0.2) is 0 Å². The van der Waals surface area contributed by atoms with Crippen molar-refractivity contribution in [3.8, 4) is 0 Å². The van der Waals surface area contributed by atoms with E-state index in [9.17, 15) is 4.79 Å². The van der Waals surface area contributed by atoms with E-state index in [4.69, 9.17) is 5.73 Å². The van der Waals surface area contributed by atoms with Gasteiger partial charge in [-0.25, -0.2) is 0 Å². The van der Waals surface area contributed by atoms with Crippen molar-refractivity contribution in [2.45, 2.75) is 51.6 Å². The smallest absolute Gasteiger partial charge is 0.242 e. The highest BCUT2D eigenvalue weighted by Gasteiger charge is 2.48. The van der Waals surface area contributed by atoms with Gasteiger partial charge in [0.1, 0.15) is 0 Å². The molecule has 0 atom stereocenters. The zero-order valence-electron chi connectivity index (χ0n) is 8.84. The first-order valence-corrected chi connectivity index (χ1v) is 5.11. The average molecular weight is 184 g/mol. The fourth-order valence-corrected chi connectivity index (χ4v) is 1.47. The fourth-order valence-electron chi connectivity index (χ4n) is 1.47. The molecule has 0 aliphatic heterocycles. The molecular weight excluding hydrogens is 164 g/mol. The molecule has 0 unspecified atom stereocenters. The number of carbonyl (C=O) groups is 1. The van der Waals surface area contributed by atoms with Crippen LogP contribution in [-0.4, -0.2) is 28.9 Å². The molecule has 0 saturated heterocycles. The zero-order valence-corrected chi connectivity index (χ0v) is 8.84. The van der Waals surface area contributed by atoms with Gasteiger partial charge in [-0.15, -0.1) is 0 Å². The quantitative estimate of drug-likeness (QED) is 0.711. The molecule has 0 radical (unpaired) electrons. The van der Waals surface area contributed by atoms with Crippen LogP contribution in [-0.2, 0) is 4.79 Å². The molecule has 0 heterocycles. The molecule has 2 N–H and O–H groups in total. The van der Waals surface area contributed by atoms with E-state index >= 15 is 0 Å². The summed E-state index contributed by atoms with van der Waals surface area (Å²) in [5.74, 6) is 0.143. The van der Waals surface area contributed by atoms with Crippen LogP contribution < -0.4 is 5.73 Å². The molecule has 1 fully saturated rings. The maximum Gasteiger partial charge on any atom is 0.242 e. The number of hydrogen-bond donors (Lipinski definition) is 1. The Balaban J connectivity index is 2.58. The van der Waals surface area contributed by atoms with Gasteiger partial charge in [-0.2, -0.15) is 0 Å². The van der Waals surface area contributed by atoms with Crippen molar-refractivity contribution in [1.82, 2.24) is 4.90 Å². The Hall–Kier alpha value is -0.570. The molecule has 3 nitrogen and oxygen atoms in total. The van der Waals surface area contributed by atoms with Crippen LogP contribution in [0.2, 0.25) is 0 Å². The van der Waals surface area contributed by atoms with E-state index in [1.54, 1.807) is 0 Å². The van der Waals surface area contributed by atoms with Gasteiger partial charge in [-0.05, 0) is 33.1 Å². The van der Waals surface area contributed by atoms with Crippen molar-refractivity contribution < 1.29 is 4.79 Å². The Morgan fingerprint density at radius 1 is 1.54 bits per heavy atom. The van der Waals surface area contributed by atoms with Gasteiger partial charge in [0.05, 0.1) is 5.54 Å². The highest BCUT2D eigenvalue weighted by molar-refractivity contribution is 5.89. The van der Waals surface area contributed by atoms with E-state index in [2.05, 4.69) is 6.92 Å². The standard InChI is InChI=1S/C10H20N2O/c1-4-7-12(8(2)3)9(13)10(11)5-6-10/h8H,4-7,11H2,1-3H3. The van der Waals surface area contributed by atoms with Crippen LogP contribution >= 0.6 is 0 Å². The first kappa shape index (κ1) is 10.5. The highest BCUT2D eigenvalue weighted by atomic mass is 16.2. The summed E-state index contributed by atoms with van der Waals surface area (Å²) in [6, 6.07) is 0.272. The van der Waals surface area contributed by atoms with Crippen molar-refractivity contribution in [2.24, 2.45) is 5.73 Å². The Kier molecular flexibility index (Phi) is 2.96. The minimum absolute atomic E-state index is 0.143. The average Bonchev–Trinajstić information content (AvgIpc) is 2.79. The molecule has 0 aromatic rings. The third-order valence-electron chi connectivity index (χ3n) is 2.56. The summed E-state index contributed by atoms with van der Waals surface area (Å²) in [6.45, 7) is 6.99. The lowest BCUT2D eigenvalue weighted by Gasteiger charge is -2.29. The molecular formula is C10H20N2O. The predicted octanol–water partition coefficient (Wildman–Crippen LogP) is 1.12. The Morgan fingerprint density at radius 3 is 2.38 bits per heavy atom. The number of amides is 1. The van der Waals surface area contributed by atoms with Crippen molar-refractivity contribution >= 4 is 5.91 Å². The van der Waals surface area contributed by atoms with E-state index in [-0.39, 0.29) is 11.9 Å². The summed E-state index contributed by atoms with van der Waals surface area (Å²) in [7, 11) is 0. The van der Waals surface area contributed by atoms with Crippen molar-refractivity contribution in [3.63, 3.8) is 0 Å². The predicted molar refractivity (Wildman–Crippen MR) is 53.3 cm³/mol. The molecule has 13 heavy (non-hydrogen) atoms. The molecule has 3 heteroatoms. The lowest BCUT2D eigenvalue weighted by Crippen LogP contribution is -2.48. The molecule has 0 bridgehead atoms. The Morgan fingerprint density at radius 2 is 2.08 bits per heavy atom. The Labute approximate surface area is 80.3 Å². The summed E-state index contributed by atoms with van der Waals surface area (Å²) < 4.78 is 0. The largest absolute Gasteiger partial charge is 0.339 e. The second kappa shape index (κ2) is 3.66. The highest BCUT2D eigenvalue weighted by Crippen LogP contribution is 2.34. The SMILES string of the molecule is CCCN(C(=O)C1(N)CC1)C(C)C. The van der Waals surface area contributed by atoms with Gasteiger partial charge >= 0.3 is 0 Å². The summed E-state index contributed by atoms with van der Waals surface area (Å²) in [5.41, 5.74) is 5.37. The lowest BCUT2D eigenvalue weighted by molar-refractivity contribution is -0.135. The summed E-state index contributed by atoms with van der Waals surface area (Å²) in [4.78, 5) is 13.8. The topological polar surface area (TPSA) is 46.3 Å². The van der Waals surface area contributed by atoms with Crippen LogP contribution in [0.25, 0.3) is 0 Å². The number of carbonyl (C=O) groups excluding carboxylic acids is 1. The summed E-state index contributed by atoms with van der Waals surface area (Å²) in [5, 5.41) is 0. The molecule has 0 aromatic carbocycles. The van der Waals surface area contributed by atoms with Gasteiger partial charge in [-0.3, -0.25) is 4.79 Å². The number of nitrogens with zero attached hydrogens (tertiary/aromatic N) is 1. The van der Waals surface area contributed by atoms with Gasteiger partial charge in [0.15, 0.2) is 0 Å². The molecule has 0 aromatic heterocycles. The second-order valence-corrected chi connectivity index (χ2v) is 4.25. The molecule has 76 valence electrons. The maximum atomic E-state index is 11.9. The van der Waals surface area contributed by atoms with Gasteiger partial charge < -0.3 is 10.6 Å². The lowest BCUT2D eigenvalue weighted by atomic mass is 10.2. The minimum atomic E-state index is -0.501. The van der Waals surface area contributed by atoms with Crippen LogP contribution in [0.3, 0.4) is 0 Å². The van der Waals surface area contributed by atoms with Gasteiger partial charge in [-0.1, -0.05) is 6.92 Å². The van der Waals surface area contributed by atoms with Crippen LogP contribution in [0.5, 0.6) is 0 Å². The van der Waals surface area contributed by atoms with E-state index in [1.807, 2.05) is 18.7 Å². The molecule has 1 aliphatic carbocycles. The first-order chi connectivity index (χ1) is 6.01. The zero-order chi connectivity index (χ0) is 10.1. The summed E-state index contributed by atoms with van der Waals surface area (Å²) in [6.07, 6.45) is 2.72. The molecule has 1 saturated carbocycles. The van der Waals surface area contributed by atoms with Crippen LogP contribution in [0, 0.1) is 0 Å². The third-order valence-corrected chi connectivity index (χ3v) is 2.56. The van der Waals surface area contributed by atoms with Crippen molar-refractivity contribution in [3.05, 3.63) is 0 Å². The number of rotatable bonds is 4. The number of nitrogens with two attached hydrogens (primary N) is 1. The molecule has 0 spiro atoms.